The molecule has 0 unspecified atom stereocenters. The lowest BCUT2D eigenvalue weighted by Crippen LogP contribution is -2.48. The summed E-state index contributed by atoms with van der Waals surface area (Å²) in [6.45, 7) is 5.50. The van der Waals surface area contributed by atoms with E-state index in [4.69, 9.17) is 4.74 Å². The number of fused-ring (bicyclic) bond motifs is 1. The van der Waals surface area contributed by atoms with Gasteiger partial charge >= 0.3 is 0 Å². The van der Waals surface area contributed by atoms with Gasteiger partial charge in [0.05, 0.1) is 6.04 Å². The van der Waals surface area contributed by atoms with E-state index in [0.29, 0.717) is 25.6 Å². The van der Waals surface area contributed by atoms with E-state index in [2.05, 4.69) is 24.4 Å². The second-order valence-electron chi connectivity index (χ2n) is 9.87. The summed E-state index contributed by atoms with van der Waals surface area (Å²) >= 11 is 1.71. The van der Waals surface area contributed by atoms with Crippen LogP contribution >= 0.6 is 11.3 Å². The molecule has 1 saturated carbocycles. The largest absolute Gasteiger partial charge is 0.491 e. The molecule has 36 heavy (non-hydrogen) atoms. The number of amides is 2. The first-order valence-corrected chi connectivity index (χ1v) is 13.4. The summed E-state index contributed by atoms with van der Waals surface area (Å²) in [5.74, 6) is 0.358. The zero-order valence-corrected chi connectivity index (χ0v) is 21.5. The third-order valence-electron chi connectivity index (χ3n) is 7.00. The van der Waals surface area contributed by atoms with Crippen LogP contribution in [0.25, 0.3) is 0 Å². The fraction of sp³-hybridized carbons (Fsp3) is 0.379. The fourth-order valence-corrected chi connectivity index (χ4v) is 5.82. The van der Waals surface area contributed by atoms with E-state index in [9.17, 15) is 14.0 Å². The number of ether oxygens (including phenoxy) is 1. The Morgan fingerprint density at radius 3 is 2.72 bits per heavy atom. The quantitative estimate of drug-likeness (QED) is 0.402. The van der Waals surface area contributed by atoms with Crippen molar-refractivity contribution in [2.45, 2.75) is 39.2 Å². The van der Waals surface area contributed by atoms with Gasteiger partial charge in [0, 0.05) is 23.5 Å². The Bertz CT molecular complexity index is 1270. The van der Waals surface area contributed by atoms with Gasteiger partial charge in [0.1, 0.15) is 24.7 Å². The normalized spacial score (nSPS) is 17.0. The van der Waals surface area contributed by atoms with Crippen molar-refractivity contribution in [3.05, 3.63) is 86.9 Å². The fourth-order valence-electron chi connectivity index (χ4n) is 4.89. The minimum absolute atomic E-state index is 0.0224. The molecule has 1 aromatic heterocycles. The number of rotatable bonds is 8. The van der Waals surface area contributed by atoms with Gasteiger partial charge in [0.25, 0.3) is 5.91 Å². The number of hydrogen-bond acceptors (Lipinski definition) is 4. The minimum atomic E-state index is -0.455. The molecule has 1 fully saturated rings. The van der Waals surface area contributed by atoms with Crippen molar-refractivity contribution in [3.63, 3.8) is 0 Å². The van der Waals surface area contributed by atoms with Crippen molar-refractivity contribution < 1.29 is 18.7 Å². The predicted molar refractivity (Wildman–Crippen MR) is 139 cm³/mol. The number of halogens is 1. The van der Waals surface area contributed by atoms with Gasteiger partial charge in [0.2, 0.25) is 5.91 Å². The van der Waals surface area contributed by atoms with E-state index in [1.54, 1.807) is 22.3 Å². The Balaban J connectivity index is 1.35. The van der Waals surface area contributed by atoms with Gasteiger partial charge in [-0.1, -0.05) is 23.8 Å². The molecule has 7 heteroatoms. The van der Waals surface area contributed by atoms with Crippen molar-refractivity contribution >= 4 is 23.2 Å². The average Bonchev–Trinajstić information content (AvgIpc) is 3.54. The molecule has 0 saturated heterocycles. The molecule has 2 aliphatic rings. The van der Waals surface area contributed by atoms with Crippen molar-refractivity contribution in [1.29, 1.82) is 0 Å². The molecule has 0 radical (unpaired) electrons. The van der Waals surface area contributed by atoms with Gasteiger partial charge in [-0.15, -0.1) is 11.3 Å². The highest BCUT2D eigenvalue weighted by atomic mass is 32.1. The third-order valence-corrected chi connectivity index (χ3v) is 8.00. The smallest absolute Gasteiger partial charge is 0.254 e. The highest BCUT2D eigenvalue weighted by Crippen LogP contribution is 2.35. The molecule has 1 aliphatic heterocycles. The third kappa shape index (κ3) is 5.46. The highest BCUT2D eigenvalue weighted by molar-refractivity contribution is 7.10. The Kier molecular flexibility index (Phi) is 7.10. The molecule has 5 rings (SSSR count). The molecule has 2 heterocycles. The van der Waals surface area contributed by atoms with Crippen LogP contribution in [0.3, 0.4) is 0 Å². The maximum Gasteiger partial charge on any atom is 0.254 e. The van der Waals surface area contributed by atoms with Crippen LogP contribution in [-0.4, -0.2) is 47.9 Å². The average molecular weight is 507 g/mol. The van der Waals surface area contributed by atoms with Crippen LogP contribution < -0.4 is 4.74 Å². The van der Waals surface area contributed by atoms with Crippen molar-refractivity contribution in [1.82, 2.24) is 9.80 Å². The van der Waals surface area contributed by atoms with Crippen molar-refractivity contribution in [2.75, 3.05) is 26.2 Å². The van der Waals surface area contributed by atoms with Crippen molar-refractivity contribution in [3.8, 4) is 5.75 Å². The summed E-state index contributed by atoms with van der Waals surface area (Å²) in [5.41, 5.74) is 3.63. The lowest BCUT2D eigenvalue weighted by molar-refractivity contribution is -0.135. The molecule has 188 valence electrons. The van der Waals surface area contributed by atoms with E-state index in [1.165, 1.54) is 28.6 Å². The van der Waals surface area contributed by atoms with Crippen LogP contribution in [-0.2, 0) is 11.2 Å². The Morgan fingerprint density at radius 2 is 1.97 bits per heavy atom. The second-order valence-corrected chi connectivity index (χ2v) is 10.9. The predicted octanol–water partition coefficient (Wildman–Crippen LogP) is 5.56. The van der Waals surface area contributed by atoms with Crippen LogP contribution in [0.2, 0.25) is 0 Å². The number of aryl methyl sites for hydroxylation is 2. The van der Waals surface area contributed by atoms with Gasteiger partial charge in [-0.3, -0.25) is 9.59 Å². The molecule has 1 atom stereocenters. The highest BCUT2D eigenvalue weighted by Gasteiger charge is 2.35. The first-order chi connectivity index (χ1) is 17.4. The van der Waals surface area contributed by atoms with E-state index >= 15 is 0 Å². The SMILES string of the molecule is Cc1ccc(OC[C@H]2c3ccsc3CCN2C(=O)CN(CC2CC2)C(=O)c2cccc(F)c2)c(C)c1. The summed E-state index contributed by atoms with van der Waals surface area (Å²) < 4.78 is 20.0. The number of benzene rings is 2. The van der Waals surface area contributed by atoms with Crippen molar-refractivity contribution in [2.24, 2.45) is 5.92 Å². The first-order valence-electron chi connectivity index (χ1n) is 12.5. The van der Waals surface area contributed by atoms with Gasteiger partial charge in [-0.05, 0) is 85.9 Å². The first kappa shape index (κ1) is 24.5. The summed E-state index contributed by atoms with van der Waals surface area (Å²) in [5, 5.41) is 2.07. The number of hydrogen-bond donors (Lipinski definition) is 0. The molecular formula is C29H31FN2O3S. The monoisotopic (exact) mass is 506 g/mol. The lowest BCUT2D eigenvalue weighted by atomic mass is 10.00. The summed E-state index contributed by atoms with van der Waals surface area (Å²) in [6, 6.07) is 13.6. The van der Waals surface area contributed by atoms with Gasteiger partial charge in [-0.2, -0.15) is 0 Å². The molecule has 3 aromatic rings. The topological polar surface area (TPSA) is 49.9 Å². The molecule has 2 amide bonds. The van der Waals surface area contributed by atoms with Crippen LogP contribution in [0.4, 0.5) is 4.39 Å². The zero-order valence-electron chi connectivity index (χ0n) is 20.7. The van der Waals surface area contributed by atoms with Crippen LogP contribution in [0, 0.1) is 25.6 Å². The van der Waals surface area contributed by atoms with Crippen LogP contribution in [0.5, 0.6) is 5.75 Å². The Hall–Kier alpha value is -3.19. The van der Waals surface area contributed by atoms with E-state index in [0.717, 1.165) is 36.1 Å². The van der Waals surface area contributed by atoms with Crippen LogP contribution in [0.15, 0.2) is 53.9 Å². The molecule has 1 aliphatic carbocycles. The number of carbonyl (C=O) groups is 2. The number of carbonyl (C=O) groups excluding carboxylic acids is 2. The molecular weight excluding hydrogens is 475 g/mol. The minimum Gasteiger partial charge on any atom is -0.491 e. The van der Waals surface area contributed by atoms with Gasteiger partial charge < -0.3 is 14.5 Å². The van der Waals surface area contributed by atoms with E-state index < -0.39 is 5.82 Å². The van der Waals surface area contributed by atoms with E-state index in [1.807, 2.05) is 24.0 Å². The molecule has 2 aromatic carbocycles. The standard InChI is InChI=1S/C29H31FN2O3S/c1-19-6-9-26(20(2)14-19)35-18-25-24-11-13-36-27(24)10-12-32(25)28(33)17-31(16-21-7-8-21)29(34)22-4-3-5-23(30)15-22/h3-6,9,11,13-15,21,25H,7-8,10,12,16-18H2,1-2H3/t25-/m0/s1. The van der Waals surface area contributed by atoms with Gasteiger partial charge in [0.15, 0.2) is 0 Å². The van der Waals surface area contributed by atoms with Gasteiger partial charge in [-0.25, -0.2) is 4.39 Å². The molecule has 0 bridgehead atoms. The molecule has 0 N–H and O–H groups in total. The maximum absolute atomic E-state index is 13.8. The zero-order chi connectivity index (χ0) is 25.2. The number of nitrogens with zero attached hydrogens (tertiary/aromatic N) is 2. The maximum atomic E-state index is 13.8. The summed E-state index contributed by atoms with van der Waals surface area (Å²) in [4.78, 5) is 31.7. The van der Waals surface area contributed by atoms with E-state index in [-0.39, 0.29) is 30.0 Å². The lowest BCUT2D eigenvalue weighted by Gasteiger charge is -2.37. The second kappa shape index (κ2) is 10.4. The molecule has 0 spiro atoms. The van der Waals surface area contributed by atoms with Crippen LogP contribution in [0.1, 0.15) is 50.8 Å². The summed E-state index contributed by atoms with van der Waals surface area (Å²) in [6.07, 6.45) is 2.89. The Morgan fingerprint density at radius 1 is 1.14 bits per heavy atom. The number of thiophene rings is 1. The summed E-state index contributed by atoms with van der Waals surface area (Å²) in [7, 11) is 0. The Labute approximate surface area is 215 Å². The molecule has 5 nitrogen and oxygen atoms in total.